The lowest BCUT2D eigenvalue weighted by Gasteiger charge is -2.39. The molecule has 2 aliphatic rings. The number of ether oxygens (including phenoxy) is 6. The van der Waals surface area contributed by atoms with Gasteiger partial charge >= 0.3 is 0 Å². The van der Waals surface area contributed by atoms with E-state index >= 15 is 0 Å². The minimum atomic E-state index is -1.43. The fourth-order valence-corrected chi connectivity index (χ4v) is 4.46. The van der Waals surface area contributed by atoms with Crippen LogP contribution in [0.15, 0.2) is 12.1 Å². The zero-order chi connectivity index (χ0) is 22.5. The van der Waals surface area contributed by atoms with Gasteiger partial charge in [-0.05, 0) is 42.5 Å². The van der Waals surface area contributed by atoms with E-state index in [0.29, 0.717) is 57.6 Å². The first-order chi connectivity index (χ1) is 14.8. The van der Waals surface area contributed by atoms with Gasteiger partial charge in [-0.2, -0.15) is 0 Å². The number of fused-ring (bicyclic) bond motifs is 4. The molecule has 0 saturated carbocycles. The summed E-state index contributed by atoms with van der Waals surface area (Å²) >= 11 is 0. The average Bonchev–Trinajstić information content (AvgIpc) is 3.24. The molecular weight excluding hydrogens is 404 g/mol. The predicted molar refractivity (Wildman–Crippen MR) is 113 cm³/mol. The van der Waals surface area contributed by atoms with E-state index in [0.717, 1.165) is 5.56 Å². The van der Waals surface area contributed by atoms with Gasteiger partial charge in [-0.25, -0.2) is 0 Å². The summed E-state index contributed by atoms with van der Waals surface area (Å²) in [6.45, 7) is 3.56. The smallest absolute Gasteiger partial charge is 0.231 e. The first kappa shape index (κ1) is 21.4. The van der Waals surface area contributed by atoms with Crippen molar-refractivity contribution < 1.29 is 38.6 Å². The molecule has 2 N–H and O–H groups in total. The van der Waals surface area contributed by atoms with E-state index in [1.165, 1.54) is 14.2 Å². The highest BCUT2D eigenvalue weighted by molar-refractivity contribution is 5.89. The highest BCUT2D eigenvalue weighted by atomic mass is 16.7. The highest BCUT2D eigenvalue weighted by Crippen LogP contribution is 2.58. The summed E-state index contributed by atoms with van der Waals surface area (Å²) in [7, 11) is 6.17. The first-order valence-corrected chi connectivity index (χ1v) is 10.0. The number of aliphatic hydroxyl groups excluding tert-OH is 1. The monoisotopic (exact) mass is 432 g/mol. The second-order valence-corrected chi connectivity index (χ2v) is 8.02. The molecule has 4 rings (SSSR count). The molecule has 3 atom stereocenters. The molecule has 0 amide bonds. The number of rotatable bonds is 4. The zero-order valence-electron chi connectivity index (χ0n) is 18.6. The third-order valence-corrected chi connectivity index (χ3v) is 6.39. The van der Waals surface area contributed by atoms with Crippen LogP contribution in [0.25, 0.3) is 11.1 Å². The first-order valence-electron chi connectivity index (χ1n) is 10.0. The summed E-state index contributed by atoms with van der Waals surface area (Å²) in [5, 5.41) is 22.6. The third kappa shape index (κ3) is 3.04. The standard InChI is InChI=1S/C23H28O8/c1-11-7-12-8-14(26-3)18(27-4)20(28-5)16(12)17-13(22(24)23(11,2)25)9-15-19(21(17)29-6)31-10-30-15/h8-9,11,22,24-25H,7,10H2,1-6H3/t11-,22+,23-/m0/s1. The number of benzene rings is 2. The molecule has 8 nitrogen and oxygen atoms in total. The van der Waals surface area contributed by atoms with Crippen LogP contribution in [0.4, 0.5) is 0 Å². The molecule has 0 bridgehead atoms. The van der Waals surface area contributed by atoms with Crippen LogP contribution in [-0.2, 0) is 6.42 Å². The van der Waals surface area contributed by atoms with Gasteiger partial charge in [-0.3, -0.25) is 0 Å². The van der Waals surface area contributed by atoms with E-state index in [9.17, 15) is 10.2 Å². The Balaban J connectivity index is 2.18. The topological polar surface area (TPSA) is 95.8 Å². The molecule has 0 unspecified atom stereocenters. The number of methoxy groups -OCH3 is 4. The van der Waals surface area contributed by atoms with Crippen molar-refractivity contribution in [2.75, 3.05) is 35.2 Å². The molecule has 8 heteroatoms. The van der Waals surface area contributed by atoms with Crippen LogP contribution in [0.5, 0.6) is 34.5 Å². The average molecular weight is 432 g/mol. The second-order valence-electron chi connectivity index (χ2n) is 8.02. The molecule has 31 heavy (non-hydrogen) atoms. The maximum absolute atomic E-state index is 11.3. The fraction of sp³-hybridized carbons (Fsp3) is 0.478. The Kier molecular flexibility index (Phi) is 5.31. The second kappa shape index (κ2) is 7.69. The molecule has 0 aromatic heterocycles. The van der Waals surface area contributed by atoms with Crippen molar-refractivity contribution in [3.63, 3.8) is 0 Å². The molecule has 2 aromatic rings. The number of hydrogen-bond donors (Lipinski definition) is 2. The number of hydrogen-bond acceptors (Lipinski definition) is 8. The van der Waals surface area contributed by atoms with E-state index in [4.69, 9.17) is 28.4 Å². The van der Waals surface area contributed by atoms with Gasteiger partial charge in [0, 0.05) is 11.1 Å². The van der Waals surface area contributed by atoms with E-state index in [1.54, 1.807) is 27.2 Å². The SMILES string of the molecule is COc1cc2c(c(OC)c1OC)-c1c(cc3c(c1OC)OCO3)[C@@H](O)[C@@](C)(O)[C@@H](C)C2. The van der Waals surface area contributed by atoms with Gasteiger partial charge in [0.05, 0.1) is 34.0 Å². The van der Waals surface area contributed by atoms with E-state index in [-0.39, 0.29) is 12.7 Å². The molecule has 168 valence electrons. The summed E-state index contributed by atoms with van der Waals surface area (Å²) in [5.74, 6) is 2.34. The Morgan fingerprint density at radius 2 is 1.61 bits per heavy atom. The van der Waals surface area contributed by atoms with Crippen LogP contribution in [0.3, 0.4) is 0 Å². The largest absolute Gasteiger partial charge is 0.493 e. The van der Waals surface area contributed by atoms with Crippen molar-refractivity contribution in [1.82, 2.24) is 0 Å². The Bertz CT molecular complexity index is 1010. The molecule has 0 fully saturated rings. The normalized spacial score (nSPS) is 23.9. The van der Waals surface area contributed by atoms with Crippen LogP contribution in [0, 0.1) is 5.92 Å². The molecular formula is C23H28O8. The van der Waals surface area contributed by atoms with Crippen molar-refractivity contribution in [2.45, 2.75) is 32.0 Å². The zero-order valence-corrected chi connectivity index (χ0v) is 18.6. The van der Waals surface area contributed by atoms with Crippen LogP contribution in [-0.4, -0.2) is 51.0 Å². The lowest BCUT2D eigenvalue weighted by atomic mass is 9.73. The van der Waals surface area contributed by atoms with Crippen LogP contribution >= 0.6 is 0 Å². The Hall–Kier alpha value is -2.84. The van der Waals surface area contributed by atoms with Crippen molar-refractivity contribution in [3.05, 3.63) is 23.3 Å². The van der Waals surface area contributed by atoms with E-state index < -0.39 is 11.7 Å². The van der Waals surface area contributed by atoms with Gasteiger partial charge in [0.1, 0.15) is 6.10 Å². The lowest BCUT2D eigenvalue weighted by Crippen LogP contribution is -2.41. The maximum Gasteiger partial charge on any atom is 0.231 e. The highest BCUT2D eigenvalue weighted by Gasteiger charge is 2.44. The van der Waals surface area contributed by atoms with Crippen LogP contribution < -0.4 is 28.4 Å². The van der Waals surface area contributed by atoms with Crippen LogP contribution in [0.1, 0.15) is 31.1 Å². The predicted octanol–water partition coefficient (Wildman–Crippen LogP) is 3.09. The van der Waals surface area contributed by atoms with Gasteiger partial charge in [0.15, 0.2) is 23.0 Å². The van der Waals surface area contributed by atoms with E-state index in [1.807, 2.05) is 13.0 Å². The van der Waals surface area contributed by atoms with E-state index in [2.05, 4.69) is 0 Å². The molecule has 1 heterocycles. The Labute approximate surface area is 181 Å². The summed E-state index contributed by atoms with van der Waals surface area (Å²) in [4.78, 5) is 0. The minimum Gasteiger partial charge on any atom is -0.493 e. The molecule has 0 radical (unpaired) electrons. The fourth-order valence-electron chi connectivity index (χ4n) is 4.46. The van der Waals surface area contributed by atoms with Crippen molar-refractivity contribution in [1.29, 1.82) is 0 Å². The van der Waals surface area contributed by atoms with Gasteiger partial charge in [-0.15, -0.1) is 0 Å². The Morgan fingerprint density at radius 3 is 2.23 bits per heavy atom. The summed E-state index contributed by atoms with van der Waals surface area (Å²) in [6, 6.07) is 3.56. The Morgan fingerprint density at radius 1 is 0.935 bits per heavy atom. The quantitative estimate of drug-likeness (QED) is 0.761. The van der Waals surface area contributed by atoms with Crippen LogP contribution in [0.2, 0.25) is 0 Å². The molecule has 2 aromatic carbocycles. The molecule has 1 aliphatic heterocycles. The van der Waals surface area contributed by atoms with Gasteiger partial charge < -0.3 is 38.6 Å². The minimum absolute atomic E-state index is 0.0351. The lowest BCUT2D eigenvalue weighted by molar-refractivity contribution is -0.0988. The molecule has 0 spiro atoms. The maximum atomic E-state index is 11.3. The summed E-state index contributed by atoms with van der Waals surface area (Å²) in [6.07, 6.45) is -0.764. The molecule has 1 aliphatic carbocycles. The van der Waals surface area contributed by atoms with Crippen molar-refractivity contribution in [2.24, 2.45) is 5.92 Å². The third-order valence-electron chi connectivity index (χ3n) is 6.39. The summed E-state index contributed by atoms with van der Waals surface area (Å²) < 4.78 is 34.0. The molecule has 0 saturated heterocycles. The van der Waals surface area contributed by atoms with Crippen molar-refractivity contribution >= 4 is 0 Å². The number of aliphatic hydroxyl groups is 2. The summed E-state index contributed by atoms with van der Waals surface area (Å²) in [5.41, 5.74) is 1.12. The van der Waals surface area contributed by atoms with Gasteiger partial charge in [0.25, 0.3) is 0 Å². The van der Waals surface area contributed by atoms with Crippen molar-refractivity contribution in [3.8, 4) is 45.6 Å². The van der Waals surface area contributed by atoms with Gasteiger partial charge in [-0.1, -0.05) is 6.92 Å². The van der Waals surface area contributed by atoms with Gasteiger partial charge in [0.2, 0.25) is 18.3 Å².